The molecule has 1 aliphatic rings. The second-order valence-corrected chi connectivity index (χ2v) is 7.41. The van der Waals surface area contributed by atoms with Gasteiger partial charge in [0.05, 0.1) is 27.0 Å². The molecule has 1 aliphatic heterocycles. The van der Waals surface area contributed by atoms with Crippen molar-refractivity contribution in [2.75, 3.05) is 15.1 Å². The van der Waals surface area contributed by atoms with Crippen molar-refractivity contribution in [1.82, 2.24) is 19.7 Å². The van der Waals surface area contributed by atoms with E-state index < -0.39 is 5.97 Å². The molecule has 5 N–H and O–H groups in total. The Labute approximate surface area is 169 Å². The molecule has 3 aromatic rings. The zero-order valence-corrected chi connectivity index (χ0v) is 16.5. The molecule has 0 fully saturated rings. The van der Waals surface area contributed by atoms with Crippen molar-refractivity contribution >= 4 is 43.7 Å². The Hall–Kier alpha value is -3.23. The van der Waals surface area contributed by atoms with E-state index in [-0.39, 0.29) is 6.42 Å². The first-order valence-electron chi connectivity index (χ1n) is 9.11. The molecule has 0 bridgehead atoms. The van der Waals surface area contributed by atoms with E-state index in [1.165, 1.54) is 0 Å². The highest BCUT2D eigenvalue weighted by molar-refractivity contribution is 7.43. The molecule has 10 nitrogen and oxygen atoms in total. The highest BCUT2D eigenvalue weighted by atomic mass is 31.1. The molecule has 0 radical (unpaired) electrons. The number of carboxylic acids is 1. The van der Waals surface area contributed by atoms with Gasteiger partial charge in [-0.3, -0.25) is 14.1 Å². The third-order valence-electron chi connectivity index (χ3n) is 4.38. The molecule has 11 heteroatoms. The van der Waals surface area contributed by atoms with Crippen LogP contribution in [0.15, 0.2) is 42.9 Å². The molecular weight excluding hydrogens is 391 g/mol. The Bertz CT molecular complexity index is 1010. The van der Waals surface area contributed by atoms with Crippen LogP contribution in [-0.4, -0.2) is 30.8 Å². The Balaban J connectivity index is 1.47. The molecule has 2 aromatic heterocycles. The molecule has 29 heavy (non-hydrogen) atoms. The molecule has 0 saturated carbocycles. The van der Waals surface area contributed by atoms with E-state index in [1.54, 1.807) is 17.1 Å². The van der Waals surface area contributed by atoms with E-state index >= 15 is 0 Å². The van der Waals surface area contributed by atoms with E-state index in [1.807, 2.05) is 30.5 Å². The van der Waals surface area contributed by atoms with Gasteiger partial charge in [-0.05, 0) is 24.1 Å². The van der Waals surface area contributed by atoms with Gasteiger partial charge in [0.1, 0.15) is 5.69 Å². The van der Waals surface area contributed by atoms with Gasteiger partial charge < -0.3 is 21.2 Å². The highest BCUT2D eigenvalue weighted by Gasteiger charge is 2.23. The number of hydrogen-bond donors (Lipinski definition) is 4. The van der Waals surface area contributed by atoms with Crippen LogP contribution < -0.4 is 20.8 Å². The number of anilines is 5. The number of fused-ring (bicyclic) bond motifs is 1. The first-order chi connectivity index (χ1) is 14.1. The number of aryl methyl sites for hydroxylation is 1. The summed E-state index contributed by atoms with van der Waals surface area (Å²) in [5, 5.41) is 19.4. The number of aromatic nitrogens is 4. The monoisotopic (exact) mass is 412 g/mol. The van der Waals surface area contributed by atoms with Crippen LogP contribution in [0.4, 0.5) is 28.8 Å². The highest BCUT2D eigenvalue weighted by Crippen LogP contribution is 2.46. The smallest absolute Gasteiger partial charge is 0.303 e. The first-order valence-corrected chi connectivity index (χ1v) is 10.1. The molecule has 0 saturated heterocycles. The van der Waals surface area contributed by atoms with Crippen molar-refractivity contribution in [3.05, 3.63) is 48.4 Å². The number of rotatable bonds is 8. The van der Waals surface area contributed by atoms with Gasteiger partial charge in [0.25, 0.3) is 0 Å². The summed E-state index contributed by atoms with van der Waals surface area (Å²) in [4.78, 5) is 19.6. The van der Waals surface area contributed by atoms with Crippen LogP contribution in [0.3, 0.4) is 0 Å². The lowest BCUT2D eigenvalue weighted by Crippen LogP contribution is -2.05. The van der Waals surface area contributed by atoms with Crippen LogP contribution in [0.1, 0.15) is 18.4 Å². The summed E-state index contributed by atoms with van der Waals surface area (Å²) in [6.45, 7) is 1.05. The maximum atomic E-state index is 10.6. The molecule has 0 spiro atoms. The van der Waals surface area contributed by atoms with Crippen LogP contribution in [0.5, 0.6) is 0 Å². The molecule has 0 amide bonds. The van der Waals surface area contributed by atoms with Crippen molar-refractivity contribution in [3.8, 4) is 0 Å². The molecule has 1 unspecified atom stereocenters. The number of nitrogens with zero attached hydrogens (tertiary/aromatic N) is 5. The largest absolute Gasteiger partial charge is 0.481 e. The maximum absolute atomic E-state index is 10.6. The molecule has 0 aliphatic carbocycles. The minimum Gasteiger partial charge on any atom is -0.481 e. The fourth-order valence-corrected chi connectivity index (χ4v) is 3.86. The van der Waals surface area contributed by atoms with Crippen molar-refractivity contribution < 1.29 is 9.90 Å². The summed E-state index contributed by atoms with van der Waals surface area (Å²) < 4.78 is 3.80. The van der Waals surface area contributed by atoms with E-state index in [0.29, 0.717) is 34.3 Å². The van der Waals surface area contributed by atoms with Gasteiger partial charge >= 0.3 is 5.97 Å². The number of carbonyl (C=O) groups is 1. The molecule has 150 valence electrons. The van der Waals surface area contributed by atoms with E-state index in [2.05, 4.69) is 30.1 Å². The van der Waals surface area contributed by atoms with E-state index in [9.17, 15) is 4.79 Å². The number of nitrogens with two attached hydrogens (primary N) is 1. The number of hydrogen-bond acceptors (Lipinski definition) is 8. The summed E-state index contributed by atoms with van der Waals surface area (Å²) in [6.07, 6.45) is 5.87. The first kappa shape index (κ1) is 19.1. The number of aliphatic carboxylic acids is 1. The summed E-state index contributed by atoms with van der Waals surface area (Å²) >= 11 is 0. The third-order valence-corrected chi connectivity index (χ3v) is 5.46. The summed E-state index contributed by atoms with van der Waals surface area (Å²) in [6, 6.07) is 8.08. The van der Waals surface area contributed by atoms with Gasteiger partial charge in [-0.2, -0.15) is 10.1 Å². The molecule has 4 rings (SSSR count). The predicted molar refractivity (Wildman–Crippen MR) is 113 cm³/mol. The predicted octanol–water partition coefficient (Wildman–Crippen LogP) is 2.81. The lowest BCUT2D eigenvalue weighted by molar-refractivity contribution is -0.137. The topological polar surface area (TPSA) is 134 Å². The molecule has 1 aromatic carbocycles. The Morgan fingerprint density at radius 1 is 1.28 bits per heavy atom. The molecule has 1 atom stereocenters. The van der Waals surface area contributed by atoms with Crippen LogP contribution in [0.25, 0.3) is 0 Å². The van der Waals surface area contributed by atoms with Gasteiger partial charge in [-0.15, -0.1) is 0 Å². The fraction of sp³-hybridized carbons (Fsp3) is 0.222. The van der Waals surface area contributed by atoms with Gasteiger partial charge in [0.2, 0.25) is 5.95 Å². The van der Waals surface area contributed by atoms with Crippen LogP contribution in [0.2, 0.25) is 0 Å². The summed E-state index contributed by atoms with van der Waals surface area (Å²) in [5.74, 6) is 0.458. The number of benzene rings is 1. The fourth-order valence-electron chi connectivity index (χ4n) is 2.90. The van der Waals surface area contributed by atoms with Gasteiger partial charge in [0.15, 0.2) is 5.82 Å². The number of carboxylic acid groups (broad SMARTS) is 1. The van der Waals surface area contributed by atoms with Gasteiger partial charge in [-0.25, -0.2) is 4.98 Å². The average molecular weight is 412 g/mol. The SMILES string of the molecule is NCc1ccc(N2PNc3cnc(Nc4cnn(CCCC(=O)O)c4)nc32)cc1. The Morgan fingerprint density at radius 2 is 2.10 bits per heavy atom. The quantitative estimate of drug-likeness (QED) is 0.412. The Kier molecular flexibility index (Phi) is 5.55. The molecule has 3 heterocycles. The second kappa shape index (κ2) is 8.42. The Morgan fingerprint density at radius 3 is 2.86 bits per heavy atom. The lowest BCUT2D eigenvalue weighted by Gasteiger charge is -2.17. The third kappa shape index (κ3) is 4.44. The van der Waals surface area contributed by atoms with Crippen LogP contribution >= 0.6 is 8.88 Å². The van der Waals surface area contributed by atoms with Crippen LogP contribution in [0, 0.1) is 0 Å². The standard InChI is InChI=1S/C18H21N8O2P/c19-8-12-3-5-14(6-4-12)26-17-15(24-29-26)10-20-18(23-17)22-13-9-21-25(11-13)7-1-2-16(27)28/h3-6,9-11,24,29H,1-2,7-8,19H2,(H,27,28)(H,20,22,23). The van der Waals surface area contributed by atoms with Crippen LogP contribution in [-0.2, 0) is 17.9 Å². The normalized spacial score (nSPS) is 13.3. The van der Waals surface area contributed by atoms with Crippen molar-refractivity contribution in [2.45, 2.75) is 25.9 Å². The minimum absolute atomic E-state index is 0.117. The maximum Gasteiger partial charge on any atom is 0.303 e. The lowest BCUT2D eigenvalue weighted by atomic mass is 10.2. The number of nitrogens with one attached hydrogen (secondary N) is 2. The van der Waals surface area contributed by atoms with Crippen molar-refractivity contribution in [3.63, 3.8) is 0 Å². The summed E-state index contributed by atoms with van der Waals surface area (Å²) in [7, 11) is 0.336. The zero-order valence-electron chi connectivity index (χ0n) is 15.5. The van der Waals surface area contributed by atoms with E-state index in [4.69, 9.17) is 10.8 Å². The van der Waals surface area contributed by atoms with Gasteiger partial charge in [0, 0.05) is 31.4 Å². The second-order valence-electron chi connectivity index (χ2n) is 6.49. The van der Waals surface area contributed by atoms with Gasteiger partial charge in [-0.1, -0.05) is 12.1 Å². The van der Waals surface area contributed by atoms with Crippen molar-refractivity contribution in [2.24, 2.45) is 5.73 Å². The molecular formula is C18H21N8O2P. The van der Waals surface area contributed by atoms with Crippen molar-refractivity contribution in [1.29, 1.82) is 0 Å². The minimum atomic E-state index is -0.807. The van der Waals surface area contributed by atoms with E-state index in [0.717, 1.165) is 28.4 Å². The average Bonchev–Trinajstić information content (AvgIpc) is 3.34. The zero-order chi connectivity index (χ0) is 20.2. The summed E-state index contributed by atoms with van der Waals surface area (Å²) in [5.41, 5.74) is 9.41.